The Bertz CT molecular complexity index is 3050. The van der Waals surface area contributed by atoms with Crippen LogP contribution in [0.15, 0.2) is 119 Å². The van der Waals surface area contributed by atoms with Crippen molar-refractivity contribution in [3.8, 4) is 23.0 Å². The van der Waals surface area contributed by atoms with Crippen molar-refractivity contribution in [3.05, 3.63) is 174 Å². The predicted molar refractivity (Wildman–Crippen MR) is 261 cm³/mol. The number of nitrogens with zero attached hydrogens (tertiary/aromatic N) is 6. The SMILES string of the molecule is COc1cc2c(cc1O)N=C[C@@H]1Cc3ccccc3N1C2=O.COc1cc2c(cc1OCc1cc(CCl)cc([N+](=O)[O-])c1)N=C[C@@H]1Cc3ccccc3N1C2=O.O=[N+]([O-])c1cc(CO)cc(CCl)c1. The van der Waals surface area contributed by atoms with E-state index in [9.17, 15) is 34.9 Å². The first-order chi connectivity index (χ1) is 33.3. The highest BCUT2D eigenvalue weighted by atomic mass is 35.5. The maximum Gasteiger partial charge on any atom is 0.270 e. The van der Waals surface area contributed by atoms with Crippen molar-refractivity contribution in [3.63, 3.8) is 0 Å². The Morgan fingerprint density at radius 1 is 0.638 bits per heavy atom. The molecule has 0 unspecified atom stereocenters. The lowest BCUT2D eigenvalue weighted by atomic mass is 10.1. The van der Waals surface area contributed by atoms with Crippen molar-refractivity contribution in [2.45, 2.75) is 49.9 Å². The fraction of sp³-hybridized carbons (Fsp3) is 0.200. The third-order valence-electron chi connectivity index (χ3n) is 11.7. The number of non-ortho nitro benzene ring substituents is 2. The summed E-state index contributed by atoms with van der Waals surface area (Å²) in [5.74, 6) is 1.08. The van der Waals surface area contributed by atoms with Crippen LogP contribution in [0.5, 0.6) is 23.0 Å². The number of aromatic hydroxyl groups is 1. The number of aliphatic hydroxyl groups excluding tert-OH is 1. The number of ether oxygens (including phenoxy) is 3. The summed E-state index contributed by atoms with van der Waals surface area (Å²) in [5, 5.41) is 40.3. The fourth-order valence-corrected chi connectivity index (χ4v) is 8.77. The molecule has 4 aliphatic rings. The van der Waals surface area contributed by atoms with Crippen LogP contribution in [0.3, 0.4) is 0 Å². The number of carbonyl (C=O) groups excluding carboxylic acids is 2. The molecule has 0 aliphatic carbocycles. The molecule has 19 heteroatoms. The number of anilines is 2. The molecule has 2 amide bonds. The number of methoxy groups -OCH3 is 2. The van der Waals surface area contributed by atoms with E-state index >= 15 is 0 Å². The monoisotopic (exact) mass is 972 g/mol. The number of phenols is 1. The molecular weight excluding hydrogens is 931 g/mol. The molecule has 0 bridgehead atoms. The number of benzene rings is 6. The van der Waals surface area contributed by atoms with E-state index in [-0.39, 0.29) is 71.7 Å². The highest BCUT2D eigenvalue weighted by molar-refractivity contribution is 6.17. The normalized spacial score (nSPS) is 15.6. The van der Waals surface area contributed by atoms with Crippen molar-refractivity contribution in [2.24, 2.45) is 9.98 Å². The number of para-hydroxylation sites is 2. The Hall–Kier alpha value is -7.86. The van der Waals surface area contributed by atoms with Gasteiger partial charge in [-0.1, -0.05) is 48.5 Å². The quantitative estimate of drug-likeness (QED) is 0.0747. The zero-order valence-electron chi connectivity index (χ0n) is 37.0. The molecule has 0 spiro atoms. The van der Waals surface area contributed by atoms with Crippen molar-refractivity contribution in [1.29, 1.82) is 0 Å². The van der Waals surface area contributed by atoms with Gasteiger partial charge in [-0.25, -0.2) is 0 Å². The van der Waals surface area contributed by atoms with Gasteiger partial charge in [0.25, 0.3) is 23.2 Å². The van der Waals surface area contributed by atoms with E-state index in [0.29, 0.717) is 62.7 Å². The van der Waals surface area contributed by atoms with Crippen LogP contribution in [0.25, 0.3) is 0 Å². The third kappa shape index (κ3) is 9.92. The van der Waals surface area contributed by atoms with Crippen LogP contribution in [0.1, 0.15) is 54.1 Å². The lowest BCUT2D eigenvalue weighted by Crippen LogP contribution is -2.37. The molecule has 0 aromatic heterocycles. The van der Waals surface area contributed by atoms with Crippen LogP contribution in [0, 0.1) is 20.2 Å². The highest BCUT2D eigenvalue weighted by Crippen LogP contribution is 2.42. The Morgan fingerprint density at radius 2 is 1.10 bits per heavy atom. The second-order valence-electron chi connectivity index (χ2n) is 16.0. The van der Waals surface area contributed by atoms with E-state index < -0.39 is 9.85 Å². The van der Waals surface area contributed by atoms with Gasteiger partial charge in [-0.05, 0) is 57.6 Å². The van der Waals surface area contributed by atoms with Crippen LogP contribution in [0.4, 0.5) is 34.1 Å². The predicted octanol–water partition coefficient (Wildman–Crippen LogP) is 9.72. The van der Waals surface area contributed by atoms with Gasteiger partial charge in [0.15, 0.2) is 23.0 Å². The minimum absolute atomic E-state index is 0.0198. The second-order valence-corrected chi connectivity index (χ2v) is 16.5. The van der Waals surface area contributed by atoms with Crippen LogP contribution < -0.4 is 24.0 Å². The van der Waals surface area contributed by atoms with E-state index in [2.05, 4.69) is 9.98 Å². The topological polar surface area (TPSA) is 220 Å². The lowest BCUT2D eigenvalue weighted by molar-refractivity contribution is -0.385. The smallest absolute Gasteiger partial charge is 0.270 e. The average molecular weight is 974 g/mol. The van der Waals surface area contributed by atoms with Crippen LogP contribution >= 0.6 is 23.2 Å². The summed E-state index contributed by atoms with van der Waals surface area (Å²) in [6, 6.07) is 30.8. The average Bonchev–Trinajstić information content (AvgIpc) is 3.86. The maximum absolute atomic E-state index is 13.5. The molecular formula is C50H42Cl2N6O11. The number of hydrogen-bond donors (Lipinski definition) is 2. The molecule has 0 saturated heterocycles. The standard InChI is InChI=1S/C25H20ClN3O5.C17H14N2O3.C8H8ClNO3/c1-33-23-10-20-21(27-13-19-9-17-4-2-3-5-22(17)28(19)25(20)30)11-24(23)34-14-16-6-15(12-26)7-18(8-16)29(31)32;1-22-16-7-12-13(8-15(16)20)18-9-11-6-10-4-2-3-5-14(10)19(11)17(12)21;9-4-6-1-7(5-11)3-8(2-6)10(12)13/h2-8,10-11,13,19H,9,12,14H2,1H3;2-5,7-9,11,20H,6H2,1H3;1-3,11H,4-5H2/t19-;11-;/m00./s1. The van der Waals surface area contributed by atoms with Gasteiger partial charge in [-0.2, -0.15) is 0 Å². The summed E-state index contributed by atoms with van der Waals surface area (Å²) in [6.45, 7) is -0.161. The molecule has 4 heterocycles. The maximum atomic E-state index is 13.5. The molecule has 17 nitrogen and oxygen atoms in total. The summed E-state index contributed by atoms with van der Waals surface area (Å²) >= 11 is 11.4. The number of alkyl halides is 2. The number of nitro benzene ring substituents is 2. The van der Waals surface area contributed by atoms with E-state index in [1.54, 1.807) is 52.6 Å². The molecule has 4 aliphatic heterocycles. The van der Waals surface area contributed by atoms with Gasteiger partial charge >= 0.3 is 0 Å². The molecule has 10 rings (SSSR count). The third-order valence-corrected chi connectivity index (χ3v) is 12.3. The van der Waals surface area contributed by atoms with E-state index in [4.69, 9.17) is 42.5 Å². The summed E-state index contributed by atoms with van der Waals surface area (Å²) in [6.07, 6.45) is 5.01. The number of carbonyl (C=O) groups is 2. The first-order valence-electron chi connectivity index (χ1n) is 21.3. The van der Waals surface area contributed by atoms with Gasteiger partial charge in [-0.15, -0.1) is 23.2 Å². The Labute approximate surface area is 404 Å². The molecule has 0 radical (unpaired) electrons. The number of halogens is 2. The molecule has 69 heavy (non-hydrogen) atoms. The molecule has 0 saturated carbocycles. The Morgan fingerprint density at radius 3 is 1.59 bits per heavy atom. The van der Waals surface area contributed by atoms with Gasteiger partial charge in [-0.3, -0.25) is 49.6 Å². The minimum atomic E-state index is -0.505. The Balaban J connectivity index is 0.000000156. The number of rotatable bonds is 10. The fourth-order valence-electron chi connectivity index (χ4n) is 8.46. The van der Waals surface area contributed by atoms with Crippen LogP contribution in [-0.4, -0.2) is 70.6 Å². The van der Waals surface area contributed by atoms with E-state index in [1.165, 1.54) is 44.6 Å². The minimum Gasteiger partial charge on any atom is -0.504 e. The second kappa shape index (κ2) is 20.6. The van der Waals surface area contributed by atoms with Gasteiger partial charge in [0.1, 0.15) is 6.61 Å². The van der Waals surface area contributed by atoms with E-state index in [1.807, 2.05) is 48.5 Å². The van der Waals surface area contributed by atoms with Crippen molar-refractivity contribution < 1.29 is 43.9 Å². The summed E-state index contributed by atoms with van der Waals surface area (Å²) < 4.78 is 16.6. The van der Waals surface area contributed by atoms with Crippen molar-refractivity contribution in [1.82, 2.24) is 0 Å². The van der Waals surface area contributed by atoms with E-state index in [0.717, 1.165) is 28.9 Å². The van der Waals surface area contributed by atoms with Crippen molar-refractivity contribution >= 4 is 81.6 Å². The zero-order valence-corrected chi connectivity index (χ0v) is 38.5. The number of hydrogen-bond acceptors (Lipinski definition) is 13. The number of nitro groups is 2. The summed E-state index contributed by atoms with van der Waals surface area (Å²) in [4.78, 5) is 59.6. The number of aliphatic imine (C=N–C) groups is 2. The van der Waals surface area contributed by atoms with Crippen LogP contribution in [-0.2, 0) is 37.8 Å². The largest absolute Gasteiger partial charge is 0.504 e. The van der Waals surface area contributed by atoms with Gasteiger partial charge in [0.05, 0.1) is 65.3 Å². The number of aliphatic hydroxyl groups is 1. The molecule has 6 aromatic rings. The zero-order chi connectivity index (χ0) is 48.9. The summed E-state index contributed by atoms with van der Waals surface area (Å²) in [7, 11) is 2.95. The van der Waals surface area contributed by atoms with Gasteiger partial charge in [0, 0.05) is 84.8 Å². The number of amides is 2. The highest BCUT2D eigenvalue weighted by Gasteiger charge is 2.38. The lowest BCUT2D eigenvalue weighted by Gasteiger charge is -2.22. The molecule has 0 fully saturated rings. The first-order valence-corrected chi connectivity index (χ1v) is 22.4. The molecule has 6 aromatic carbocycles. The van der Waals surface area contributed by atoms with Crippen molar-refractivity contribution in [2.75, 3.05) is 24.0 Å². The molecule has 2 N–H and O–H groups in total. The Kier molecular flexibility index (Phi) is 14.2. The first kappa shape index (κ1) is 47.6. The number of phenolic OH excluding ortho intramolecular Hbond substituents is 1. The van der Waals surface area contributed by atoms with Crippen LogP contribution in [0.2, 0.25) is 0 Å². The van der Waals surface area contributed by atoms with Gasteiger partial charge < -0.3 is 24.4 Å². The summed E-state index contributed by atoms with van der Waals surface area (Å²) in [5.41, 5.74) is 8.12. The molecule has 352 valence electrons. The molecule has 2 atom stereocenters. The van der Waals surface area contributed by atoms with Gasteiger partial charge in [0.2, 0.25) is 0 Å². The number of fused-ring (bicyclic) bond motifs is 8.